The molecule has 2 rings (SSSR count). The first-order valence-corrected chi connectivity index (χ1v) is 6.99. The number of fused-ring (bicyclic) bond motifs is 1. The molecule has 0 radical (unpaired) electrons. The van der Waals surface area contributed by atoms with Crippen LogP contribution in [0.15, 0.2) is 6.07 Å². The van der Waals surface area contributed by atoms with Crippen molar-refractivity contribution in [3.8, 4) is 0 Å². The maximum atomic E-state index is 11.5. The average molecular weight is 278 g/mol. The number of pyridine rings is 1. The number of primary amides is 1. The Balaban J connectivity index is 2.23. The zero-order valence-electron chi connectivity index (χ0n) is 11.7. The summed E-state index contributed by atoms with van der Waals surface area (Å²) in [6.45, 7) is 1.96. The van der Waals surface area contributed by atoms with Gasteiger partial charge in [-0.05, 0) is 44.2 Å². The Labute approximate surface area is 118 Å². The highest BCUT2D eigenvalue weighted by Gasteiger charge is 2.18. The summed E-state index contributed by atoms with van der Waals surface area (Å²) in [6.07, 6.45) is 3.47. The number of hydrogen-bond acceptors (Lipinski definition) is 5. The van der Waals surface area contributed by atoms with Crippen LogP contribution in [0.3, 0.4) is 0 Å². The molecule has 0 saturated carbocycles. The van der Waals surface area contributed by atoms with Crippen molar-refractivity contribution in [1.82, 2.24) is 4.98 Å². The fourth-order valence-electron chi connectivity index (χ4n) is 2.34. The SMILES string of the molecule is CC(O)C(N)CNc1nc2c(cc1C(N)=O)CCCC2. The number of rotatable bonds is 5. The number of aliphatic hydroxyl groups is 1. The van der Waals surface area contributed by atoms with Gasteiger partial charge < -0.3 is 21.9 Å². The van der Waals surface area contributed by atoms with Gasteiger partial charge in [-0.3, -0.25) is 4.79 Å². The van der Waals surface area contributed by atoms with E-state index in [1.165, 1.54) is 0 Å². The summed E-state index contributed by atoms with van der Waals surface area (Å²) in [5, 5.41) is 12.4. The Morgan fingerprint density at radius 3 is 2.85 bits per heavy atom. The smallest absolute Gasteiger partial charge is 0.252 e. The molecule has 20 heavy (non-hydrogen) atoms. The van der Waals surface area contributed by atoms with Crippen LogP contribution in [0, 0.1) is 0 Å². The van der Waals surface area contributed by atoms with Crippen molar-refractivity contribution < 1.29 is 9.90 Å². The quantitative estimate of drug-likeness (QED) is 0.613. The van der Waals surface area contributed by atoms with Gasteiger partial charge >= 0.3 is 0 Å². The van der Waals surface area contributed by atoms with E-state index in [-0.39, 0.29) is 0 Å². The molecule has 1 aromatic heterocycles. The lowest BCUT2D eigenvalue weighted by Crippen LogP contribution is -2.39. The standard InChI is InChI=1S/C14H22N4O2/c1-8(19)11(15)7-17-14-10(13(16)20)6-9-4-2-3-5-12(9)18-14/h6,8,11,19H,2-5,7,15H2,1H3,(H2,16,20)(H,17,18). The van der Waals surface area contributed by atoms with Gasteiger partial charge in [-0.1, -0.05) is 0 Å². The van der Waals surface area contributed by atoms with Crippen molar-refractivity contribution in [2.45, 2.75) is 44.8 Å². The van der Waals surface area contributed by atoms with Gasteiger partial charge in [0.1, 0.15) is 5.82 Å². The summed E-state index contributed by atoms with van der Waals surface area (Å²) in [7, 11) is 0. The predicted octanol–water partition coefficient (Wildman–Crippen LogP) is 0.179. The van der Waals surface area contributed by atoms with E-state index in [1.807, 2.05) is 6.07 Å². The molecule has 0 fully saturated rings. The van der Waals surface area contributed by atoms with Crippen molar-refractivity contribution in [3.63, 3.8) is 0 Å². The van der Waals surface area contributed by atoms with E-state index in [0.29, 0.717) is 17.9 Å². The third-order valence-electron chi connectivity index (χ3n) is 3.69. The first-order valence-electron chi connectivity index (χ1n) is 6.99. The maximum absolute atomic E-state index is 11.5. The molecule has 1 aromatic rings. The number of aliphatic hydroxyl groups excluding tert-OH is 1. The molecule has 0 bridgehead atoms. The van der Waals surface area contributed by atoms with E-state index in [1.54, 1.807) is 6.92 Å². The number of aromatic nitrogens is 1. The van der Waals surface area contributed by atoms with Gasteiger partial charge in [-0.25, -0.2) is 4.98 Å². The van der Waals surface area contributed by atoms with Gasteiger partial charge in [0, 0.05) is 18.3 Å². The van der Waals surface area contributed by atoms with Crippen LogP contribution in [0.25, 0.3) is 0 Å². The van der Waals surface area contributed by atoms with E-state index < -0.39 is 18.1 Å². The largest absolute Gasteiger partial charge is 0.392 e. The van der Waals surface area contributed by atoms with Crippen LogP contribution in [0.1, 0.15) is 41.4 Å². The lowest BCUT2D eigenvalue weighted by atomic mass is 9.94. The Hall–Kier alpha value is -1.66. The molecular formula is C14H22N4O2. The van der Waals surface area contributed by atoms with Crippen LogP contribution in [0.5, 0.6) is 0 Å². The van der Waals surface area contributed by atoms with Crippen molar-refractivity contribution in [2.75, 3.05) is 11.9 Å². The van der Waals surface area contributed by atoms with Crippen molar-refractivity contribution in [2.24, 2.45) is 11.5 Å². The fraction of sp³-hybridized carbons (Fsp3) is 0.571. The molecule has 0 spiro atoms. The average Bonchev–Trinajstić information content (AvgIpc) is 2.43. The highest BCUT2D eigenvalue weighted by molar-refractivity contribution is 5.97. The van der Waals surface area contributed by atoms with Crippen molar-refractivity contribution >= 4 is 11.7 Å². The topological polar surface area (TPSA) is 114 Å². The molecule has 110 valence electrons. The van der Waals surface area contributed by atoms with Gasteiger partial charge in [0.05, 0.1) is 11.7 Å². The third-order valence-corrected chi connectivity index (χ3v) is 3.69. The van der Waals surface area contributed by atoms with Crippen molar-refractivity contribution in [3.05, 3.63) is 22.9 Å². The molecule has 6 heteroatoms. The van der Waals surface area contributed by atoms with Crippen LogP contribution < -0.4 is 16.8 Å². The second-order valence-electron chi connectivity index (χ2n) is 5.35. The van der Waals surface area contributed by atoms with Gasteiger partial charge in [-0.2, -0.15) is 0 Å². The number of nitrogens with two attached hydrogens (primary N) is 2. The summed E-state index contributed by atoms with van der Waals surface area (Å²) in [5.41, 5.74) is 13.7. The zero-order valence-corrected chi connectivity index (χ0v) is 11.7. The third kappa shape index (κ3) is 3.26. The van der Waals surface area contributed by atoms with E-state index in [2.05, 4.69) is 10.3 Å². The molecular weight excluding hydrogens is 256 g/mol. The Bertz CT molecular complexity index is 502. The highest BCUT2D eigenvalue weighted by Crippen LogP contribution is 2.24. The Morgan fingerprint density at radius 1 is 1.50 bits per heavy atom. The van der Waals surface area contributed by atoms with Gasteiger partial charge in [0.25, 0.3) is 5.91 Å². The minimum atomic E-state index is -0.628. The molecule has 2 atom stereocenters. The lowest BCUT2D eigenvalue weighted by Gasteiger charge is -2.20. The normalized spacial score (nSPS) is 17.1. The van der Waals surface area contributed by atoms with Crippen molar-refractivity contribution in [1.29, 1.82) is 0 Å². The summed E-state index contributed by atoms with van der Waals surface area (Å²) in [4.78, 5) is 16.1. The fourth-order valence-corrected chi connectivity index (χ4v) is 2.34. The van der Waals surface area contributed by atoms with Gasteiger partial charge in [-0.15, -0.1) is 0 Å². The summed E-state index contributed by atoms with van der Waals surface area (Å²) >= 11 is 0. The van der Waals surface area contributed by atoms with Gasteiger partial charge in [0.15, 0.2) is 0 Å². The van der Waals surface area contributed by atoms with Crippen LogP contribution in [0.4, 0.5) is 5.82 Å². The Kier molecular flexibility index (Phi) is 4.57. The summed E-state index contributed by atoms with van der Waals surface area (Å²) in [6, 6.07) is 1.41. The molecule has 2 unspecified atom stereocenters. The van der Waals surface area contributed by atoms with E-state index in [4.69, 9.17) is 11.5 Å². The van der Waals surface area contributed by atoms with Crippen LogP contribution in [-0.4, -0.2) is 34.7 Å². The van der Waals surface area contributed by atoms with Crippen LogP contribution in [-0.2, 0) is 12.8 Å². The predicted molar refractivity (Wildman–Crippen MR) is 77.5 cm³/mol. The number of nitrogens with one attached hydrogen (secondary N) is 1. The molecule has 1 aliphatic rings. The zero-order chi connectivity index (χ0) is 14.7. The monoisotopic (exact) mass is 278 g/mol. The first kappa shape index (κ1) is 14.7. The van der Waals surface area contributed by atoms with E-state index in [0.717, 1.165) is 36.9 Å². The number of anilines is 1. The molecule has 0 aliphatic heterocycles. The second-order valence-corrected chi connectivity index (χ2v) is 5.35. The number of hydrogen-bond donors (Lipinski definition) is 4. The first-order chi connectivity index (χ1) is 9.49. The van der Waals surface area contributed by atoms with E-state index in [9.17, 15) is 9.90 Å². The number of aryl methyl sites for hydroxylation is 2. The molecule has 1 amide bonds. The molecule has 1 heterocycles. The summed E-state index contributed by atoms with van der Waals surface area (Å²) in [5.74, 6) is -0.0340. The highest BCUT2D eigenvalue weighted by atomic mass is 16.3. The molecule has 0 saturated heterocycles. The van der Waals surface area contributed by atoms with Gasteiger partial charge in [0.2, 0.25) is 0 Å². The number of carbonyl (C=O) groups excluding carboxylic acids is 1. The number of amides is 1. The minimum Gasteiger partial charge on any atom is -0.392 e. The molecule has 0 aromatic carbocycles. The van der Waals surface area contributed by atoms with Crippen LogP contribution in [0.2, 0.25) is 0 Å². The van der Waals surface area contributed by atoms with E-state index >= 15 is 0 Å². The Morgan fingerprint density at radius 2 is 2.20 bits per heavy atom. The maximum Gasteiger partial charge on any atom is 0.252 e. The number of nitrogens with zero attached hydrogens (tertiary/aromatic N) is 1. The molecule has 6 nitrogen and oxygen atoms in total. The molecule has 6 N–H and O–H groups in total. The number of carbonyl (C=O) groups is 1. The second kappa shape index (κ2) is 6.19. The van der Waals surface area contributed by atoms with Crippen LogP contribution >= 0.6 is 0 Å². The molecule has 1 aliphatic carbocycles. The summed E-state index contributed by atoms with van der Waals surface area (Å²) < 4.78 is 0. The minimum absolute atomic E-state index is 0.337. The lowest BCUT2D eigenvalue weighted by molar-refractivity contribution is 0.100.